The van der Waals surface area contributed by atoms with Gasteiger partial charge in [-0.15, -0.1) is 11.6 Å². The van der Waals surface area contributed by atoms with Crippen molar-refractivity contribution in [2.45, 2.75) is 173 Å². The molecule has 0 unspecified atom stereocenters. The van der Waals surface area contributed by atoms with Gasteiger partial charge in [-0.2, -0.15) is 26.3 Å². The van der Waals surface area contributed by atoms with E-state index in [9.17, 15) is 26.3 Å². The SMILES string of the molecule is CCCCCCCCCCCCCCCCCCCC(CC(F)(F)F)(CC(F)(F)F)[N-]C(C)C. The van der Waals surface area contributed by atoms with E-state index in [0.29, 0.717) is 12.8 Å². The molecule has 7 heteroatoms. The normalized spacial score (nSPS) is 13.2. The van der Waals surface area contributed by atoms with Gasteiger partial charge in [-0.25, -0.2) is 0 Å². The summed E-state index contributed by atoms with van der Waals surface area (Å²) in [6.07, 6.45) is 7.07. The first kappa shape index (κ1) is 33.5. The van der Waals surface area contributed by atoms with E-state index in [2.05, 4.69) is 12.2 Å². The summed E-state index contributed by atoms with van der Waals surface area (Å²) in [7, 11) is 0. The maximum atomic E-state index is 13.1. The van der Waals surface area contributed by atoms with Crippen LogP contribution in [0.5, 0.6) is 0 Å². The van der Waals surface area contributed by atoms with Gasteiger partial charge in [0.1, 0.15) is 0 Å². The van der Waals surface area contributed by atoms with E-state index >= 15 is 0 Å². The van der Waals surface area contributed by atoms with Crippen LogP contribution in [0.15, 0.2) is 0 Å². The standard InChI is InChI=1S/C27H50F6N/c1-4-5-6-7-8-9-10-11-12-13-14-15-16-17-18-19-20-21-25(34-24(2)3,22-26(28,29)30)23-27(31,32)33/h24H,4-23H2,1-3H3/q-1. The van der Waals surface area contributed by atoms with Crippen LogP contribution >= 0.6 is 0 Å². The van der Waals surface area contributed by atoms with Crippen molar-refractivity contribution in [1.82, 2.24) is 0 Å². The number of hydrogen-bond donors (Lipinski definition) is 0. The second-order valence-electron chi connectivity index (χ2n) is 10.4. The van der Waals surface area contributed by atoms with Gasteiger partial charge in [-0.05, 0) is 0 Å². The van der Waals surface area contributed by atoms with Gasteiger partial charge < -0.3 is 5.32 Å². The molecule has 0 bridgehead atoms. The van der Waals surface area contributed by atoms with Gasteiger partial charge in [0.05, 0.1) is 0 Å². The van der Waals surface area contributed by atoms with E-state index in [-0.39, 0.29) is 6.42 Å². The molecule has 0 aromatic carbocycles. The van der Waals surface area contributed by atoms with Gasteiger partial charge in [-0.1, -0.05) is 136 Å². The minimum Gasteiger partial charge on any atom is -0.654 e. The van der Waals surface area contributed by atoms with E-state index in [1.165, 1.54) is 84.5 Å². The second kappa shape index (κ2) is 18.8. The van der Waals surface area contributed by atoms with Crippen LogP contribution in [0.4, 0.5) is 26.3 Å². The molecule has 0 aliphatic carbocycles. The molecule has 0 heterocycles. The topological polar surface area (TPSA) is 14.1 Å². The van der Waals surface area contributed by atoms with Crippen molar-refractivity contribution in [3.63, 3.8) is 0 Å². The average molecular weight is 503 g/mol. The lowest BCUT2D eigenvalue weighted by molar-refractivity contribution is -0.174. The number of unbranched alkanes of at least 4 members (excludes halogenated alkanes) is 16. The molecule has 0 aliphatic rings. The fourth-order valence-electron chi connectivity index (χ4n) is 4.87. The third-order valence-corrected chi connectivity index (χ3v) is 6.34. The highest BCUT2D eigenvalue weighted by Gasteiger charge is 2.43. The lowest BCUT2D eigenvalue weighted by atomic mass is 9.84. The summed E-state index contributed by atoms with van der Waals surface area (Å²) in [6.45, 7) is 5.31. The maximum absolute atomic E-state index is 13.1. The number of hydrogen-bond acceptors (Lipinski definition) is 0. The summed E-state index contributed by atoms with van der Waals surface area (Å²) in [5.74, 6) is 0. The smallest absolute Gasteiger partial charge is 0.387 e. The average Bonchev–Trinajstić information content (AvgIpc) is 2.67. The summed E-state index contributed by atoms with van der Waals surface area (Å²) in [5.41, 5.74) is -2.10. The van der Waals surface area contributed by atoms with Crippen molar-refractivity contribution in [2.24, 2.45) is 0 Å². The maximum Gasteiger partial charge on any atom is 0.387 e. The summed E-state index contributed by atoms with van der Waals surface area (Å²) in [5, 5.41) is 3.95. The molecule has 0 saturated heterocycles. The number of rotatable bonds is 22. The van der Waals surface area contributed by atoms with Crippen LogP contribution in [-0.2, 0) is 0 Å². The Morgan fingerprint density at radius 1 is 0.500 bits per heavy atom. The fourth-order valence-corrected chi connectivity index (χ4v) is 4.87. The van der Waals surface area contributed by atoms with Gasteiger partial charge in [0.25, 0.3) is 0 Å². The molecule has 34 heavy (non-hydrogen) atoms. The van der Waals surface area contributed by atoms with Crippen LogP contribution in [0, 0.1) is 0 Å². The first-order valence-corrected chi connectivity index (χ1v) is 13.7. The third-order valence-electron chi connectivity index (χ3n) is 6.34. The summed E-state index contributed by atoms with van der Waals surface area (Å²) in [6, 6.07) is -0.574. The van der Waals surface area contributed by atoms with Gasteiger partial charge in [0, 0.05) is 12.8 Å². The van der Waals surface area contributed by atoms with Gasteiger partial charge in [0.2, 0.25) is 0 Å². The number of nitrogens with zero attached hydrogens (tertiary/aromatic N) is 1. The molecule has 0 spiro atoms. The molecule has 0 rings (SSSR count). The van der Waals surface area contributed by atoms with Crippen LogP contribution in [0.2, 0.25) is 0 Å². The molecule has 0 saturated carbocycles. The first-order valence-electron chi connectivity index (χ1n) is 13.7. The van der Waals surface area contributed by atoms with Crippen molar-refractivity contribution in [1.29, 1.82) is 0 Å². The van der Waals surface area contributed by atoms with Crippen molar-refractivity contribution < 1.29 is 26.3 Å². The Balaban J connectivity index is 3.98. The van der Waals surface area contributed by atoms with Crippen LogP contribution in [0.25, 0.3) is 5.32 Å². The third kappa shape index (κ3) is 22.0. The Morgan fingerprint density at radius 3 is 1.06 bits per heavy atom. The van der Waals surface area contributed by atoms with Crippen molar-refractivity contribution in [3.8, 4) is 0 Å². The second-order valence-corrected chi connectivity index (χ2v) is 10.4. The van der Waals surface area contributed by atoms with E-state index < -0.39 is 36.8 Å². The highest BCUT2D eigenvalue weighted by molar-refractivity contribution is 5.11. The molecule has 0 aromatic heterocycles. The van der Waals surface area contributed by atoms with Crippen molar-refractivity contribution in [3.05, 3.63) is 5.32 Å². The molecule has 206 valence electrons. The highest BCUT2D eigenvalue weighted by Crippen LogP contribution is 2.44. The Hall–Kier alpha value is -0.460. The molecule has 1 nitrogen and oxygen atoms in total. The highest BCUT2D eigenvalue weighted by atomic mass is 19.4. The predicted molar refractivity (Wildman–Crippen MR) is 131 cm³/mol. The van der Waals surface area contributed by atoms with Gasteiger partial charge in [-0.3, -0.25) is 0 Å². The Bertz CT molecular complexity index is 443. The Morgan fingerprint density at radius 2 is 0.794 bits per heavy atom. The minimum atomic E-state index is -4.67. The van der Waals surface area contributed by atoms with Crippen LogP contribution < -0.4 is 0 Å². The molecular formula is C27H50F6N-. The van der Waals surface area contributed by atoms with E-state index in [4.69, 9.17) is 0 Å². The molecule has 0 radical (unpaired) electrons. The number of alkyl halides is 6. The van der Waals surface area contributed by atoms with Crippen LogP contribution in [0.1, 0.15) is 149 Å². The monoisotopic (exact) mass is 502 g/mol. The zero-order valence-corrected chi connectivity index (χ0v) is 21.9. The molecule has 0 amide bonds. The zero-order chi connectivity index (χ0) is 25.9. The van der Waals surface area contributed by atoms with Gasteiger partial charge >= 0.3 is 12.4 Å². The first-order chi connectivity index (χ1) is 15.9. The lowest BCUT2D eigenvalue weighted by Crippen LogP contribution is -2.40. The summed E-state index contributed by atoms with van der Waals surface area (Å²) >= 11 is 0. The fraction of sp³-hybridized carbons (Fsp3) is 1.00. The molecule has 0 atom stereocenters. The quantitative estimate of drug-likeness (QED) is 0.103. The minimum absolute atomic E-state index is 0.164. The van der Waals surface area contributed by atoms with Gasteiger partial charge in [0.15, 0.2) is 0 Å². The van der Waals surface area contributed by atoms with Crippen LogP contribution in [-0.4, -0.2) is 23.9 Å². The van der Waals surface area contributed by atoms with E-state index in [1.54, 1.807) is 0 Å². The Labute approximate surface area is 205 Å². The van der Waals surface area contributed by atoms with E-state index in [1.807, 2.05) is 0 Å². The molecular weight excluding hydrogens is 452 g/mol. The van der Waals surface area contributed by atoms with Crippen LogP contribution in [0.3, 0.4) is 0 Å². The largest absolute Gasteiger partial charge is 0.654 e. The summed E-state index contributed by atoms with van der Waals surface area (Å²) in [4.78, 5) is 0. The molecule has 0 aliphatic heterocycles. The number of halogens is 6. The molecule has 0 fully saturated rings. The predicted octanol–water partition coefficient (Wildman–Crippen LogP) is 11.5. The molecule has 0 aromatic rings. The Kier molecular flexibility index (Phi) is 18.5. The zero-order valence-electron chi connectivity index (χ0n) is 21.9. The molecule has 0 N–H and O–H groups in total. The lowest BCUT2D eigenvalue weighted by Gasteiger charge is -2.50. The van der Waals surface area contributed by atoms with Crippen molar-refractivity contribution in [2.75, 3.05) is 0 Å². The van der Waals surface area contributed by atoms with Crippen molar-refractivity contribution >= 4 is 0 Å². The summed E-state index contributed by atoms with van der Waals surface area (Å²) < 4.78 is 78.4. The van der Waals surface area contributed by atoms with E-state index in [0.717, 1.165) is 25.7 Å².